The van der Waals surface area contributed by atoms with E-state index in [2.05, 4.69) is 10.3 Å². The minimum atomic E-state index is -0.225. The number of thiazole rings is 1. The van der Waals surface area contributed by atoms with Crippen LogP contribution in [0.15, 0.2) is 29.6 Å². The highest BCUT2D eigenvalue weighted by Crippen LogP contribution is 2.26. The molecule has 0 radical (unpaired) electrons. The van der Waals surface area contributed by atoms with Crippen molar-refractivity contribution in [1.29, 1.82) is 0 Å². The van der Waals surface area contributed by atoms with E-state index in [0.717, 1.165) is 42.4 Å². The molecule has 0 amide bonds. The van der Waals surface area contributed by atoms with Gasteiger partial charge in [-0.3, -0.25) is 0 Å². The van der Waals surface area contributed by atoms with Gasteiger partial charge >= 0.3 is 0 Å². The van der Waals surface area contributed by atoms with Crippen molar-refractivity contribution in [2.75, 3.05) is 18.5 Å². The fourth-order valence-corrected chi connectivity index (χ4v) is 2.92. The highest BCUT2D eigenvalue weighted by atomic mass is 32.1. The molecule has 1 fully saturated rings. The largest absolute Gasteiger partial charge is 0.379 e. The molecular weight excluding hydrogens is 263 g/mol. The second kappa shape index (κ2) is 5.67. The Morgan fingerprint density at radius 2 is 2.16 bits per heavy atom. The van der Waals surface area contributed by atoms with Gasteiger partial charge in [0.05, 0.1) is 18.3 Å². The summed E-state index contributed by atoms with van der Waals surface area (Å²) in [5.41, 5.74) is 1.81. The average molecular weight is 278 g/mol. The topological polar surface area (TPSA) is 34.1 Å². The summed E-state index contributed by atoms with van der Waals surface area (Å²) in [5, 5.41) is 6.27. The molecule has 0 aliphatic carbocycles. The molecule has 1 N–H and O–H groups in total. The first kappa shape index (κ1) is 12.6. The number of benzene rings is 1. The molecule has 2 heterocycles. The van der Waals surface area contributed by atoms with Gasteiger partial charge in [0.25, 0.3) is 0 Å². The molecule has 100 valence electrons. The zero-order valence-corrected chi connectivity index (χ0v) is 11.3. The van der Waals surface area contributed by atoms with E-state index in [1.54, 1.807) is 23.5 Å². The lowest BCUT2D eigenvalue weighted by Crippen LogP contribution is -2.29. The maximum absolute atomic E-state index is 12.9. The van der Waals surface area contributed by atoms with Crippen molar-refractivity contribution in [3.8, 4) is 11.3 Å². The normalized spacial score (nSPS) is 19.3. The molecule has 2 aromatic rings. The van der Waals surface area contributed by atoms with Crippen LogP contribution in [0.5, 0.6) is 0 Å². The van der Waals surface area contributed by atoms with E-state index in [1.165, 1.54) is 12.1 Å². The van der Waals surface area contributed by atoms with Gasteiger partial charge in [-0.15, -0.1) is 11.3 Å². The molecule has 3 nitrogen and oxygen atoms in total. The van der Waals surface area contributed by atoms with Gasteiger partial charge in [-0.1, -0.05) is 0 Å². The number of rotatable bonds is 3. The Bertz CT molecular complexity index is 535. The third kappa shape index (κ3) is 3.11. The van der Waals surface area contributed by atoms with Crippen LogP contribution in [0.3, 0.4) is 0 Å². The Hall–Kier alpha value is -1.46. The van der Waals surface area contributed by atoms with E-state index in [0.29, 0.717) is 6.04 Å². The van der Waals surface area contributed by atoms with Crippen LogP contribution in [0, 0.1) is 5.82 Å². The monoisotopic (exact) mass is 278 g/mol. The Kier molecular flexibility index (Phi) is 3.75. The molecule has 3 rings (SSSR count). The predicted molar refractivity (Wildman–Crippen MR) is 75.0 cm³/mol. The second-order valence-corrected chi connectivity index (χ2v) is 5.46. The molecule has 1 aromatic carbocycles. The Balaban J connectivity index is 1.70. The first-order valence-corrected chi connectivity index (χ1v) is 7.25. The molecule has 5 heteroatoms. The van der Waals surface area contributed by atoms with E-state index >= 15 is 0 Å². The number of hydrogen-bond acceptors (Lipinski definition) is 4. The molecule has 1 aromatic heterocycles. The van der Waals surface area contributed by atoms with Crippen LogP contribution in [0.2, 0.25) is 0 Å². The first-order valence-electron chi connectivity index (χ1n) is 6.37. The third-order valence-electron chi connectivity index (χ3n) is 3.13. The maximum Gasteiger partial charge on any atom is 0.183 e. The molecule has 0 bridgehead atoms. The number of ether oxygens (including phenoxy) is 1. The van der Waals surface area contributed by atoms with Gasteiger partial charge in [-0.05, 0) is 37.1 Å². The van der Waals surface area contributed by atoms with Gasteiger partial charge in [0.15, 0.2) is 5.13 Å². The van der Waals surface area contributed by atoms with Crippen LogP contribution >= 0.6 is 11.3 Å². The van der Waals surface area contributed by atoms with Gasteiger partial charge in [-0.2, -0.15) is 0 Å². The van der Waals surface area contributed by atoms with Crippen LogP contribution in [0.4, 0.5) is 9.52 Å². The van der Waals surface area contributed by atoms with E-state index in [-0.39, 0.29) is 5.82 Å². The van der Waals surface area contributed by atoms with Crippen molar-refractivity contribution >= 4 is 16.5 Å². The van der Waals surface area contributed by atoms with E-state index < -0.39 is 0 Å². The molecular formula is C14H15FN2OS. The molecule has 1 aliphatic rings. The summed E-state index contributed by atoms with van der Waals surface area (Å²) in [6.45, 7) is 1.60. The summed E-state index contributed by atoms with van der Waals surface area (Å²) in [7, 11) is 0. The Morgan fingerprint density at radius 1 is 1.32 bits per heavy atom. The second-order valence-electron chi connectivity index (χ2n) is 4.60. The predicted octanol–water partition coefficient (Wildman–Crippen LogP) is 3.54. The Labute approximate surface area is 115 Å². The van der Waals surface area contributed by atoms with Gasteiger partial charge in [0, 0.05) is 17.6 Å². The highest BCUT2D eigenvalue weighted by Gasteiger charge is 2.15. The average Bonchev–Trinajstić information content (AvgIpc) is 2.89. The summed E-state index contributed by atoms with van der Waals surface area (Å²) in [6.07, 6.45) is 2.21. The standard InChI is InChI=1S/C14H15FN2OS/c15-11-5-3-10(4-6-11)13-9-19-14(17-13)16-12-2-1-7-18-8-12/h3-6,9,12H,1-2,7-8H2,(H,16,17). The van der Waals surface area contributed by atoms with Crippen molar-refractivity contribution < 1.29 is 9.13 Å². The minimum absolute atomic E-state index is 0.225. The van der Waals surface area contributed by atoms with Gasteiger partial charge < -0.3 is 10.1 Å². The zero-order chi connectivity index (χ0) is 13.1. The lowest BCUT2D eigenvalue weighted by molar-refractivity contribution is 0.0876. The molecule has 0 spiro atoms. The highest BCUT2D eigenvalue weighted by molar-refractivity contribution is 7.14. The maximum atomic E-state index is 12.9. The van der Waals surface area contributed by atoms with Crippen LogP contribution in [-0.4, -0.2) is 24.2 Å². The molecule has 1 unspecified atom stereocenters. The third-order valence-corrected chi connectivity index (χ3v) is 3.91. The molecule has 1 atom stereocenters. The number of halogens is 1. The summed E-state index contributed by atoms with van der Waals surface area (Å²) in [5.74, 6) is -0.225. The van der Waals surface area contributed by atoms with Gasteiger partial charge in [0.2, 0.25) is 0 Å². The van der Waals surface area contributed by atoms with E-state index in [4.69, 9.17) is 4.74 Å². The van der Waals surface area contributed by atoms with Crippen LogP contribution < -0.4 is 5.32 Å². The van der Waals surface area contributed by atoms with Crippen LogP contribution in [0.25, 0.3) is 11.3 Å². The number of anilines is 1. The fraction of sp³-hybridized carbons (Fsp3) is 0.357. The number of nitrogens with zero attached hydrogens (tertiary/aromatic N) is 1. The summed E-state index contributed by atoms with van der Waals surface area (Å²) in [4.78, 5) is 4.53. The number of nitrogens with one attached hydrogen (secondary N) is 1. The first-order chi connectivity index (χ1) is 9.31. The van der Waals surface area contributed by atoms with Crippen molar-refractivity contribution in [3.63, 3.8) is 0 Å². The van der Waals surface area contributed by atoms with E-state index in [9.17, 15) is 4.39 Å². The smallest absolute Gasteiger partial charge is 0.183 e. The number of hydrogen-bond donors (Lipinski definition) is 1. The van der Waals surface area contributed by atoms with Crippen molar-refractivity contribution in [2.45, 2.75) is 18.9 Å². The van der Waals surface area contributed by atoms with Gasteiger partial charge in [0.1, 0.15) is 5.82 Å². The lowest BCUT2D eigenvalue weighted by Gasteiger charge is -2.22. The van der Waals surface area contributed by atoms with Crippen LogP contribution in [-0.2, 0) is 4.74 Å². The van der Waals surface area contributed by atoms with Crippen molar-refractivity contribution in [2.24, 2.45) is 0 Å². The summed E-state index contributed by atoms with van der Waals surface area (Å²) in [6, 6.07) is 6.75. The molecule has 1 saturated heterocycles. The minimum Gasteiger partial charge on any atom is -0.379 e. The SMILES string of the molecule is Fc1ccc(-c2csc(NC3CCCOC3)n2)cc1. The fourth-order valence-electron chi connectivity index (χ4n) is 2.12. The molecule has 19 heavy (non-hydrogen) atoms. The summed E-state index contributed by atoms with van der Waals surface area (Å²) < 4.78 is 18.3. The van der Waals surface area contributed by atoms with E-state index in [1.807, 2.05) is 5.38 Å². The quantitative estimate of drug-likeness (QED) is 0.932. The van der Waals surface area contributed by atoms with Crippen molar-refractivity contribution in [1.82, 2.24) is 4.98 Å². The zero-order valence-electron chi connectivity index (χ0n) is 10.4. The van der Waals surface area contributed by atoms with Gasteiger partial charge in [-0.25, -0.2) is 9.37 Å². The lowest BCUT2D eigenvalue weighted by atomic mass is 10.1. The molecule has 1 aliphatic heterocycles. The summed E-state index contributed by atoms with van der Waals surface area (Å²) >= 11 is 1.57. The molecule has 0 saturated carbocycles. The van der Waals surface area contributed by atoms with Crippen LogP contribution in [0.1, 0.15) is 12.8 Å². The van der Waals surface area contributed by atoms with Crippen molar-refractivity contribution in [3.05, 3.63) is 35.5 Å². The Morgan fingerprint density at radius 3 is 2.89 bits per heavy atom. The number of aromatic nitrogens is 1.